The lowest BCUT2D eigenvalue weighted by atomic mass is 9.69. The first-order valence-electron chi connectivity index (χ1n) is 5.77. The lowest BCUT2D eigenvalue weighted by Crippen LogP contribution is -2.33. The second-order valence-electron chi connectivity index (χ2n) is 4.58. The molecule has 0 radical (unpaired) electrons. The minimum absolute atomic E-state index is 0.393. The molecule has 0 aliphatic heterocycles. The molecule has 86 valence electrons. The third-order valence-electron chi connectivity index (χ3n) is 3.51. The van der Waals surface area contributed by atoms with Crippen molar-refractivity contribution in [1.29, 1.82) is 5.26 Å². The van der Waals surface area contributed by atoms with Crippen LogP contribution in [-0.4, -0.2) is 9.97 Å². The maximum absolute atomic E-state index is 9.29. The fourth-order valence-corrected chi connectivity index (χ4v) is 2.27. The molecule has 2 aromatic heterocycles. The molecule has 1 N–H and O–H groups in total. The minimum Gasteiger partial charge on any atom is -0.463 e. The number of imidazole rings is 1. The number of aromatic amines is 1. The summed E-state index contributed by atoms with van der Waals surface area (Å²) in [5, 5.41) is 9.29. The average molecular weight is 227 g/mol. The van der Waals surface area contributed by atoms with Crippen LogP contribution >= 0.6 is 0 Å². The number of nitriles is 1. The fraction of sp³-hybridized carbons (Fsp3) is 0.385. The summed E-state index contributed by atoms with van der Waals surface area (Å²) in [6.07, 6.45) is 4.53. The first kappa shape index (κ1) is 10.2. The summed E-state index contributed by atoms with van der Waals surface area (Å²) in [6.45, 7) is 1.96. The first-order chi connectivity index (χ1) is 8.25. The lowest BCUT2D eigenvalue weighted by molar-refractivity contribution is 0.309. The molecule has 0 unspecified atom stereocenters. The Morgan fingerprint density at radius 2 is 2.35 bits per heavy atom. The highest BCUT2D eigenvalue weighted by atomic mass is 16.3. The Bertz CT molecular complexity index is 570. The van der Waals surface area contributed by atoms with Crippen LogP contribution in [0.3, 0.4) is 0 Å². The van der Waals surface area contributed by atoms with Gasteiger partial charge in [-0.3, -0.25) is 0 Å². The van der Waals surface area contributed by atoms with Crippen LogP contribution < -0.4 is 0 Å². The maximum atomic E-state index is 9.29. The highest BCUT2D eigenvalue weighted by Gasteiger charge is 2.42. The predicted molar refractivity (Wildman–Crippen MR) is 62.2 cm³/mol. The largest absolute Gasteiger partial charge is 0.463 e. The van der Waals surface area contributed by atoms with Crippen molar-refractivity contribution in [3.8, 4) is 17.5 Å². The molecule has 1 saturated carbocycles. The Morgan fingerprint density at radius 3 is 2.88 bits per heavy atom. The van der Waals surface area contributed by atoms with Gasteiger partial charge in [-0.15, -0.1) is 0 Å². The Morgan fingerprint density at radius 1 is 1.53 bits per heavy atom. The SMILES string of the molecule is Cc1[nH]c(C2(C#N)CCC2)nc1-c1ccco1. The third kappa shape index (κ3) is 1.39. The van der Waals surface area contributed by atoms with Crippen molar-refractivity contribution < 1.29 is 4.42 Å². The van der Waals surface area contributed by atoms with Crippen molar-refractivity contribution >= 4 is 0 Å². The van der Waals surface area contributed by atoms with Gasteiger partial charge in [0, 0.05) is 5.69 Å². The zero-order chi connectivity index (χ0) is 11.9. The van der Waals surface area contributed by atoms with Crippen molar-refractivity contribution in [2.24, 2.45) is 0 Å². The number of rotatable bonds is 2. The Balaban J connectivity index is 2.05. The quantitative estimate of drug-likeness (QED) is 0.857. The first-order valence-corrected chi connectivity index (χ1v) is 5.77. The van der Waals surface area contributed by atoms with Gasteiger partial charge in [0.15, 0.2) is 5.76 Å². The van der Waals surface area contributed by atoms with Gasteiger partial charge >= 0.3 is 0 Å². The zero-order valence-electron chi connectivity index (χ0n) is 9.66. The van der Waals surface area contributed by atoms with Crippen LogP contribution in [0, 0.1) is 18.3 Å². The number of nitrogens with zero attached hydrogens (tertiary/aromatic N) is 2. The number of hydrogen-bond donors (Lipinski definition) is 1. The molecule has 4 nitrogen and oxygen atoms in total. The topological polar surface area (TPSA) is 65.6 Å². The van der Waals surface area contributed by atoms with Gasteiger partial charge in [0.25, 0.3) is 0 Å². The van der Waals surface area contributed by atoms with Gasteiger partial charge < -0.3 is 9.40 Å². The standard InChI is InChI=1S/C13H13N3O/c1-9-11(10-4-2-7-17-10)16-12(15-9)13(8-14)5-3-6-13/h2,4,7H,3,5-6H2,1H3,(H,15,16). The zero-order valence-corrected chi connectivity index (χ0v) is 9.66. The summed E-state index contributed by atoms with van der Waals surface area (Å²) in [6, 6.07) is 6.11. The van der Waals surface area contributed by atoms with Crippen LogP contribution in [0.25, 0.3) is 11.5 Å². The van der Waals surface area contributed by atoms with Gasteiger partial charge in [-0.1, -0.05) is 0 Å². The molecule has 2 aromatic rings. The molecular formula is C13H13N3O. The summed E-state index contributed by atoms with van der Waals surface area (Å²) in [5.74, 6) is 1.53. The van der Waals surface area contributed by atoms with Crippen molar-refractivity contribution in [2.75, 3.05) is 0 Å². The molecule has 2 heterocycles. The Hall–Kier alpha value is -2.02. The molecule has 0 bridgehead atoms. The summed E-state index contributed by atoms with van der Waals surface area (Å²) < 4.78 is 5.35. The van der Waals surface area contributed by atoms with Crippen LogP contribution in [-0.2, 0) is 5.41 Å². The van der Waals surface area contributed by atoms with E-state index in [0.717, 1.165) is 42.2 Å². The van der Waals surface area contributed by atoms with Crippen molar-refractivity contribution in [3.63, 3.8) is 0 Å². The summed E-state index contributed by atoms with van der Waals surface area (Å²) in [5.41, 5.74) is 1.37. The van der Waals surface area contributed by atoms with E-state index in [1.165, 1.54) is 0 Å². The molecule has 0 spiro atoms. The van der Waals surface area contributed by atoms with E-state index in [9.17, 15) is 5.26 Å². The minimum atomic E-state index is -0.393. The van der Waals surface area contributed by atoms with Gasteiger partial charge in [0.1, 0.15) is 16.9 Å². The van der Waals surface area contributed by atoms with Crippen LogP contribution in [0.2, 0.25) is 0 Å². The highest BCUT2D eigenvalue weighted by Crippen LogP contribution is 2.42. The smallest absolute Gasteiger partial charge is 0.154 e. The van der Waals surface area contributed by atoms with E-state index in [1.54, 1.807) is 6.26 Å². The molecule has 1 aliphatic carbocycles. The number of aromatic nitrogens is 2. The molecule has 17 heavy (non-hydrogen) atoms. The van der Waals surface area contributed by atoms with Crippen molar-refractivity contribution in [2.45, 2.75) is 31.6 Å². The van der Waals surface area contributed by atoms with Crippen LogP contribution in [0.15, 0.2) is 22.8 Å². The van der Waals surface area contributed by atoms with E-state index < -0.39 is 5.41 Å². The predicted octanol–water partition coefficient (Wildman–Crippen LogP) is 2.92. The average Bonchev–Trinajstić information content (AvgIpc) is 2.86. The second kappa shape index (κ2) is 3.49. The molecule has 0 amide bonds. The van der Waals surface area contributed by atoms with Gasteiger partial charge in [0.05, 0.1) is 12.3 Å². The fourth-order valence-electron chi connectivity index (χ4n) is 2.27. The normalized spacial score (nSPS) is 17.4. The second-order valence-corrected chi connectivity index (χ2v) is 4.58. The monoisotopic (exact) mass is 227 g/mol. The Kier molecular flexibility index (Phi) is 2.08. The number of furan rings is 1. The molecule has 0 aromatic carbocycles. The summed E-state index contributed by atoms with van der Waals surface area (Å²) in [7, 11) is 0. The molecule has 1 aliphatic rings. The van der Waals surface area contributed by atoms with Crippen LogP contribution in [0.5, 0.6) is 0 Å². The molecule has 4 heteroatoms. The summed E-state index contributed by atoms with van der Waals surface area (Å²) >= 11 is 0. The number of H-pyrrole nitrogens is 1. The number of aryl methyl sites for hydroxylation is 1. The molecule has 3 rings (SSSR count). The van der Waals surface area contributed by atoms with Crippen LogP contribution in [0.4, 0.5) is 0 Å². The van der Waals surface area contributed by atoms with E-state index in [4.69, 9.17) is 4.42 Å². The maximum Gasteiger partial charge on any atom is 0.154 e. The van der Waals surface area contributed by atoms with Gasteiger partial charge in [-0.25, -0.2) is 4.98 Å². The van der Waals surface area contributed by atoms with E-state index in [0.29, 0.717) is 0 Å². The number of nitrogens with one attached hydrogen (secondary N) is 1. The molecule has 1 fully saturated rings. The van der Waals surface area contributed by atoms with E-state index in [2.05, 4.69) is 16.0 Å². The van der Waals surface area contributed by atoms with E-state index >= 15 is 0 Å². The highest BCUT2D eigenvalue weighted by molar-refractivity contribution is 5.56. The van der Waals surface area contributed by atoms with E-state index in [-0.39, 0.29) is 0 Å². The lowest BCUT2D eigenvalue weighted by Gasteiger charge is -2.32. The summed E-state index contributed by atoms with van der Waals surface area (Å²) in [4.78, 5) is 7.78. The van der Waals surface area contributed by atoms with Crippen molar-refractivity contribution in [3.05, 3.63) is 29.9 Å². The number of hydrogen-bond acceptors (Lipinski definition) is 3. The van der Waals surface area contributed by atoms with E-state index in [1.807, 2.05) is 19.1 Å². The van der Waals surface area contributed by atoms with Gasteiger partial charge in [-0.2, -0.15) is 5.26 Å². The molecular weight excluding hydrogens is 214 g/mol. The van der Waals surface area contributed by atoms with Gasteiger partial charge in [-0.05, 0) is 38.3 Å². The molecule has 0 atom stereocenters. The van der Waals surface area contributed by atoms with Crippen molar-refractivity contribution in [1.82, 2.24) is 9.97 Å². The molecule has 0 saturated heterocycles. The third-order valence-corrected chi connectivity index (χ3v) is 3.51. The van der Waals surface area contributed by atoms with Crippen LogP contribution in [0.1, 0.15) is 30.8 Å². The van der Waals surface area contributed by atoms with Gasteiger partial charge in [0.2, 0.25) is 0 Å². The Labute approximate surface area is 99.3 Å².